The van der Waals surface area contributed by atoms with E-state index in [2.05, 4.69) is 9.97 Å². The Morgan fingerprint density at radius 2 is 1.91 bits per heavy atom. The number of nitrogens with one attached hydrogen (secondary N) is 1. The number of fused-ring (bicyclic) bond motifs is 1. The van der Waals surface area contributed by atoms with Gasteiger partial charge in [0.05, 0.1) is 23.4 Å². The van der Waals surface area contributed by atoms with E-state index < -0.39 is 5.82 Å². The molecule has 1 aromatic heterocycles. The highest BCUT2D eigenvalue weighted by atomic mass is 19.1. The predicted molar refractivity (Wildman–Crippen MR) is 123 cm³/mol. The van der Waals surface area contributed by atoms with Crippen molar-refractivity contribution in [2.45, 2.75) is 39.3 Å². The second-order valence-corrected chi connectivity index (χ2v) is 8.69. The summed E-state index contributed by atoms with van der Waals surface area (Å²) in [6, 6.07) is 12.4. The highest BCUT2D eigenvalue weighted by Gasteiger charge is 2.33. The van der Waals surface area contributed by atoms with Crippen molar-refractivity contribution in [3.8, 4) is 0 Å². The molecule has 3 aromatic rings. The Bertz CT molecular complexity index is 1220. The maximum atomic E-state index is 13.5. The van der Waals surface area contributed by atoms with Crippen LogP contribution in [0.4, 0.5) is 4.39 Å². The Morgan fingerprint density at radius 3 is 2.64 bits per heavy atom. The lowest BCUT2D eigenvalue weighted by Crippen LogP contribution is -2.48. The summed E-state index contributed by atoms with van der Waals surface area (Å²) in [6.45, 7) is 4.88. The zero-order chi connectivity index (χ0) is 23.5. The number of aromatic amines is 1. The first kappa shape index (κ1) is 22.6. The monoisotopic (exact) mass is 450 g/mol. The molecule has 2 heterocycles. The van der Waals surface area contributed by atoms with Gasteiger partial charge in [-0.1, -0.05) is 12.1 Å². The molecular weight excluding hydrogens is 423 g/mol. The molecule has 7 nitrogen and oxygen atoms in total. The Kier molecular flexibility index (Phi) is 6.53. The number of aromatic nitrogens is 2. The van der Waals surface area contributed by atoms with Crippen molar-refractivity contribution in [1.29, 1.82) is 0 Å². The Hall–Kier alpha value is -3.55. The van der Waals surface area contributed by atoms with E-state index in [0.717, 1.165) is 0 Å². The highest BCUT2D eigenvalue weighted by molar-refractivity contribution is 5.94. The maximum Gasteiger partial charge on any atom is 0.258 e. The minimum Gasteiger partial charge on any atom is -0.338 e. The summed E-state index contributed by atoms with van der Waals surface area (Å²) in [4.78, 5) is 49.4. The lowest BCUT2D eigenvalue weighted by Gasteiger charge is -2.36. The third-order valence-electron chi connectivity index (χ3n) is 6.04. The molecule has 1 atom stereocenters. The molecule has 0 bridgehead atoms. The van der Waals surface area contributed by atoms with Crippen LogP contribution in [0.3, 0.4) is 0 Å². The fourth-order valence-electron chi connectivity index (χ4n) is 4.26. The van der Waals surface area contributed by atoms with Crippen molar-refractivity contribution < 1.29 is 14.0 Å². The summed E-state index contributed by atoms with van der Waals surface area (Å²) in [6.07, 6.45) is 1.39. The number of hydrogen-bond donors (Lipinski definition) is 1. The van der Waals surface area contributed by atoms with E-state index in [9.17, 15) is 18.8 Å². The molecule has 2 amide bonds. The molecule has 1 N–H and O–H groups in total. The number of amides is 2. The molecule has 0 aliphatic carbocycles. The third-order valence-corrected chi connectivity index (χ3v) is 6.04. The van der Waals surface area contributed by atoms with Crippen molar-refractivity contribution in [1.82, 2.24) is 19.8 Å². The van der Waals surface area contributed by atoms with Gasteiger partial charge in [0.25, 0.3) is 11.5 Å². The molecular formula is C25H27FN4O3. The van der Waals surface area contributed by atoms with Gasteiger partial charge in [-0.15, -0.1) is 0 Å². The van der Waals surface area contributed by atoms with Gasteiger partial charge in [0.2, 0.25) is 5.91 Å². The number of likely N-dealkylation sites (tertiary alicyclic amines) is 1. The summed E-state index contributed by atoms with van der Waals surface area (Å²) >= 11 is 0. The van der Waals surface area contributed by atoms with Gasteiger partial charge in [-0.05, 0) is 63.1 Å². The smallest absolute Gasteiger partial charge is 0.258 e. The van der Waals surface area contributed by atoms with E-state index in [4.69, 9.17) is 0 Å². The molecule has 8 heteroatoms. The molecule has 172 valence electrons. The topological polar surface area (TPSA) is 86.4 Å². The minimum atomic E-state index is -0.397. The second-order valence-electron chi connectivity index (χ2n) is 8.69. The van der Waals surface area contributed by atoms with E-state index in [1.54, 1.807) is 28.0 Å². The Labute approximate surface area is 191 Å². The standard InChI is InChI=1S/C25H27FN4O3/c1-16(2)30(15-22-27-21-8-4-3-7-20(21)23(31)28-22)25(33)18-6-5-13-29(14-18)24(32)17-9-11-19(26)12-10-17/h3-4,7-12,16,18H,5-6,13-15H2,1-2H3,(H,27,28,31)/t18-/m0/s1. The van der Waals surface area contributed by atoms with Crippen LogP contribution >= 0.6 is 0 Å². The van der Waals surface area contributed by atoms with Crippen LogP contribution in [0.15, 0.2) is 53.3 Å². The highest BCUT2D eigenvalue weighted by Crippen LogP contribution is 2.23. The third kappa shape index (κ3) is 4.94. The zero-order valence-electron chi connectivity index (χ0n) is 18.8. The van der Waals surface area contributed by atoms with Crippen molar-refractivity contribution >= 4 is 22.7 Å². The lowest BCUT2D eigenvalue weighted by atomic mass is 9.95. The number of benzene rings is 2. The summed E-state index contributed by atoms with van der Waals surface area (Å²) in [5.41, 5.74) is 0.754. The second kappa shape index (κ2) is 9.52. The summed E-state index contributed by atoms with van der Waals surface area (Å²) in [5.74, 6) is -0.596. The lowest BCUT2D eigenvalue weighted by molar-refractivity contribution is -0.139. The molecule has 2 aromatic carbocycles. The van der Waals surface area contributed by atoms with Gasteiger partial charge in [0, 0.05) is 24.7 Å². The zero-order valence-corrected chi connectivity index (χ0v) is 18.8. The van der Waals surface area contributed by atoms with Crippen LogP contribution in [0.1, 0.15) is 42.9 Å². The van der Waals surface area contributed by atoms with E-state index >= 15 is 0 Å². The minimum absolute atomic E-state index is 0.0718. The SMILES string of the molecule is CC(C)N(Cc1nc2ccccc2c(=O)[nH]1)C(=O)[C@H]1CCCN(C(=O)c2ccc(F)cc2)C1. The van der Waals surface area contributed by atoms with Gasteiger partial charge in [-0.3, -0.25) is 14.4 Å². The summed E-state index contributed by atoms with van der Waals surface area (Å²) in [5, 5.41) is 0.505. The van der Waals surface area contributed by atoms with E-state index in [1.807, 2.05) is 19.9 Å². The normalized spacial score (nSPS) is 16.2. The van der Waals surface area contributed by atoms with Gasteiger partial charge in [-0.25, -0.2) is 9.37 Å². The van der Waals surface area contributed by atoms with Crippen LogP contribution in [0.5, 0.6) is 0 Å². The van der Waals surface area contributed by atoms with Gasteiger partial charge >= 0.3 is 0 Å². The Balaban J connectivity index is 1.51. The fourth-order valence-corrected chi connectivity index (χ4v) is 4.26. The molecule has 4 rings (SSSR count). The molecule has 1 saturated heterocycles. The van der Waals surface area contributed by atoms with E-state index in [-0.39, 0.29) is 35.9 Å². The average molecular weight is 451 g/mol. The molecule has 33 heavy (non-hydrogen) atoms. The maximum absolute atomic E-state index is 13.5. The molecule has 0 unspecified atom stereocenters. The van der Waals surface area contributed by atoms with Gasteiger partial charge in [0.15, 0.2) is 0 Å². The average Bonchev–Trinajstić information content (AvgIpc) is 2.82. The number of rotatable bonds is 5. The number of carbonyl (C=O) groups excluding carboxylic acids is 2. The van der Waals surface area contributed by atoms with Crippen molar-refractivity contribution in [3.05, 3.63) is 76.1 Å². The quantitative estimate of drug-likeness (QED) is 0.646. The predicted octanol–water partition coefficient (Wildman–Crippen LogP) is 3.35. The first-order chi connectivity index (χ1) is 15.8. The summed E-state index contributed by atoms with van der Waals surface area (Å²) < 4.78 is 13.2. The van der Waals surface area contributed by atoms with Crippen LogP contribution in [0, 0.1) is 11.7 Å². The van der Waals surface area contributed by atoms with Crippen molar-refractivity contribution in [2.75, 3.05) is 13.1 Å². The van der Waals surface area contributed by atoms with Crippen molar-refractivity contribution in [3.63, 3.8) is 0 Å². The van der Waals surface area contributed by atoms with Crippen molar-refractivity contribution in [2.24, 2.45) is 5.92 Å². The molecule has 0 saturated carbocycles. The number of nitrogens with zero attached hydrogens (tertiary/aromatic N) is 3. The van der Waals surface area contributed by atoms with Gasteiger partial charge in [-0.2, -0.15) is 0 Å². The fraction of sp³-hybridized carbons (Fsp3) is 0.360. The van der Waals surface area contributed by atoms with E-state index in [0.29, 0.717) is 48.2 Å². The number of carbonyl (C=O) groups is 2. The molecule has 0 spiro atoms. The first-order valence-electron chi connectivity index (χ1n) is 11.2. The molecule has 0 radical (unpaired) electrons. The summed E-state index contributed by atoms with van der Waals surface area (Å²) in [7, 11) is 0. The number of halogens is 1. The number of hydrogen-bond acceptors (Lipinski definition) is 4. The molecule has 1 aliphatic heterocycles. The number of piperidine rings is 1. The van der Waals surface area contributed by atoms with Gasteiger partial charge < -0.3 is 14.8 Å². The van der Waals surface area contributed by atoms with Crippen LogP contribution in [-0.4, -0.2) is 50.7 Å². The van der Waals surface area contributed by atoms with Gasteiger partial charge in [0.1, 0.15) is 11.6 Å². The van der Waals surface area contributed by atoms with Crippen LogP contribution in [0.25, 0.3) is 10.9 Å². The van der Waals surface area contributed by atoms with Crippen LogP contribution in [0.2, 0.25) is 0 Å². The number of para-hydroxylation sites is 1. The first-order valence-corrected chi connectivity index (χ1v) is 11.2. The number of H-pyrrole nitrogens is 1. The molecule has 1 fully saturated rings. The molecule has 1 aliphatic rings. The van der Waals surface area contributed by atoms with Crippen LogP contribution < -0.4 is 5.56 Å². The van der Waals surface area contributed by atoms with E-state index in [1.165, 1.54) is 24.3 Å². The largest absolute Gasteiger partial charge is 0.338 e. The Morgan fingerprint density at radius 1 is 1.18 bits per heavy atom. The van der Waals surface area contributed by atoms with Crippen LogP contribution in [-0.2, 0) is 11.3 Å².